The monoisotopic (exact) mass is 464 g/mol. The maximum atomic E-state index is 14.8. The number of nitrogens with zero attached hydrogens (tertiary/aromatic N) is 3. The first-order chi connectivity index (χ1) is 15.7. The maximum absolute atomic E-state index is 14.8. The lowest BCUT2D eigenvalue weighted by Crippen LogP contribution is -2.38. The van der Waals surface area contributed by atoms with E-state index in [1.54, 1.807) is 6.92 Å². The van der Waals surface area contributed by atoms with Crippen LogP contribution < -0.4 is 4.90 Å². The van der Waals surface area contributed by atoms with Crippen molar-refractivity contribution in [3.05, 3.63) is 58.4 Å². The Bertz CT molecular complexity index is 1220. The third-order valence-corrected chi connectivity index (χ3v) is 6.18. The van der Waals surface area contributed by atoms with Crippen molar-refractivity contribution in [2.45, 2.75) is 45.3 Å². The fraction of sp³-hybridized carbons (Fsp3) is 0.391. The van der Waals surface area contributed by atoms with Gasteiger partial charge in [-0.25, -0.2) is 13.5 Å². The van der Waals surface area contributed by atoms with Gasteiger partial charge < -0.3 is 4.98 Å². The van der Waals surface area contributed by atoms with E-state index in [1.807, 2.05) is 0 Å². The molecule has 0 radical (unpaired) electrons. The molecule has 174 valence electrons. The summed E-state index contributed by atoms with van der Waals surface area (Å²) in [5.74, 6) is -1.47. The summed E-state index contributed by atoms with van der Waals surface area (Å²) >= 11 is 0. The number of nitrogens with one attached hydrogen (secondary N) is 1. The first-order valence-corrected chi connectivity index (χ1v) is 10.8. The average Bonchev–Trinajstić information content (AvgIpc) is 3.27. The molecule has 5 nitrogen and oxygen atoms in total. The number of amides is 1. The molecule has 2 aromatic heterocycles. The predicted molar refractivity (Wildman–Crippen MR) is 111 cm³/mol. The molecule has 1 aliphatic carbocycles. The van der Waals surface area contributed by atoms with Gasteiger partial charge in [-0.3, -0.25) is 9.69 Å². The average molecular weight is 464 g/mol. The van der Waals surface area contributed by atoms with Gasteiger partial charge in [0, 0.05) is 31.3 Å². The molecule has 5 rings (SSSR count). The van der Waals surface area contributed by atoms with E-state index in [-0.39, 0.29) is 35.7 Å². The van der Waals surface area contributed by atoms with E-state index in [2.05, 4.69) is 10.1 Å². The third-order valence-electron chi connectivity index (χ3n) is 6.18. The summed E-state index contributed by atoms with van der Waals surface area (Å²) in [6.07, 6.45) is -1.59. The molecule has 1 aliphatic heterocycles. The Morgan fingerprint density at radius 2 is 1.82 bits per heavy atom. The second-order valence-corrected chi connectivity index (χ2v) is 8.57. The predicted octanol–water partition coefficient (Wildman–Crippen LogP) is 5.35. The van der Waals surface area contributed by atoms with Crippen LogP contribution in [0.5, 0.6) is 0 Å². The highest BCUT2D eigenvalue weighted by atomic mass is 19.4. The zero-order chi connectivity index (χ0) is 23.5. The number of halogens is 5. The number of benzene rings is 1. The molecular formula is C23H21F5N4O. The number of alkyl halides is 3. The molecule has 2 aliphatic rings. The molecule has 0 atom stereocenters. The van der Waals surface area contributed by atoms with Crippen molar-refractivity contribution in [3.63, 3.8) is 0 Å². The van der Waals surface area contributed by atoms with Gasteiger partial charge >= 0.3 is 6.18 Å². The molecule has 1 amide bonds. The number of carbonyl (C=O) groups is 1. The zero-order valence-corrected chi connectivity index (χ0v) is 17.8. The zero-order valence-electron chi connectivity index (χ0n) is 17.8. The molecule has 0 bridgehead atoms. The lowest BCUT2D eigenvalue weighted by Gasteiger charge is -2.26. The number of H-pyrrole nitrogens is 1. The molecule has 1 fully saturated rings. The quantitative estimate of drug-likeness (QED) is 0.518. The normalized spacial score (nSPS) is 16.4. The molecule has 1 aromatic carbocycles. The van der Waals surface area contributed by atoms with E-state index in [4.69, 9.17) is 0 Å². The van der Waals surface area contributed by atoms with Crippen molar-refractivity contribution in [1.29, 1.82) is 0 Å². The molecular weight excluding hydrogens is 443 g/mol. The molecule has 0 spiro atoms. The van der Waals surface area contributed by atoms with Crippen LogP contribution in [0.3, 0.4) is 0 Å². The van der Waals surface area contributed by atoms with Gasteiger partial charge in [-0.1, -0.05) is 0 Å². The molecule has 33 heavy (non-hydrogen) atoms. The number of rotatable bonds is 5. The van der Waals surface area contributed by atoms with E-state index in [1.165, 1.54) is 23.1 Å². The summed E-state index contributed by atoms with van der Waals surface area (Å²) in [5.41, 5.74) is 0.0656. The lowest BCUT2D eigenvalue weighted by molar-refractivity contribution is -0.141. The van der Waals surface area contributed by atoms with Gasteiger partial charge in [-0.2, -0.15) is 18.3 Å². The van der Waals surface area contributed by atoms with Crippen LogP contribution in [0.1, 0.15) is 47.1 Å². The third kappa shape index (κ3) is 3.91. The van der Waals surface area contributed by atoms with Gasteiger partial charge in [-0.05, 0) is 55.9 Å². The Morgan fingerprint density at radius 1 is 1.12 bits per heavy atom. The van der Waals surface area contributed by atoms with Crippen LogP contribution in [0.4, 0.5) is 27.8 Å². The van der Waals surface area contributed by atoms with Crippen molar-refractivity contribution < 1.29 is 26.7 Å². The Kier molecular flexibility index (Phi) is 5.06. The Labute approximate surface area is 186 Å². The highest BCUT2D eigenvalue weighted by molar-refractivity contribution is 6.08. The minimum absolute atomic E-state index is 0.0324. The van der Waals surface area contributed by atoms with Crippen LogP contribution in [0.25, 0.3) is 11.3 Å². The van der Waals surface area contributed by atoms with E-state index in [0.29, 0.717) is 30.0 Å². The molecule has 1 saturated carbocycles. The number of hydrogen-bond donors (Lipinski definition) is 1. The maximum Gasteiger partial charge on any atom is 0.435 e. The Morgan fingerprint density at radius 3 is 2.42 bits per heavy atom. The minimum Gasteiger partial charge on any atom is -0.358 e. The second kappa shape index (κ2) is 7.71. The van der Waals surface area contributed by atoms with Gasteiger partial charge in [0.15, 0.2) is 5.69 Å². The van der Waals surface area contributed by atoms with Crippen LogP contribution in [0.2, 0.25) is 0 Å². The largest absolute Gasteiger partial charge is 0.435 e. The number of aromatic amines is 1. The van der Waals surface area contributed by atoms with E-state index < -0.39 is 29.4 Å². The van der Waals surface area contributed by atoms with E-state index in [9.17, 15) is 26.7 Å². The minimum atomic E-state index is -4.64. The van der Waals surface area contributed by atoms with Gasteiger partial charge in [0.2, 0.25) is 0 Å². The first-order valence-electron chi connectivity index (χ1n) is 10.8. The number of anilines is 1. The van der Waals surface area contributed by atoms with Crippen LogP contribution in [-0.2, 0) is 25.6 Å². The molecule has 1 N–H and O–H groups in total. The SMILES string of the molecule is CCn1nc(C(F)(F)F)cc1N1CCc2[nH]c(-c3c(F)cc(CC4CC4)cc3F)cc2C1=O. The lowest BCUT2D eigenvalue weighted by atomic mass is 10.0. The van der Waals surface area contributed by atoms with Crippen molar-refractivity contribution >= 4 is 11.7 Å². The van der Waals surface area contributed by atoms with Gasteiger partial charge in [0.1, 0.15) is 17.5 Å². The first kappa shape index (κ1) is 21.7. The Hall–Kier alpha value is -3.17. The van der Waals surface area contributed by atoms with Gasteiger partial charge in [0.05, 0.1) is 16.8 Å². The van der Waals surface area contributed by atoms with Gasteiger partial charge in [0.25, 0.3) is 5.91 Å². The van der Waals surface area contributed by atoms with Crippen molar-refractivity contribution in [3.8, 4) is 11.3 Å². The number of aromatic nitrogens is 3. The summed E-state index contributed by atoms with van der Waals surface area (Å²) < 4.78 is 70.1. The van der Waals surface area contributed by atoms with E-state index >= 15 is 0 Å². The number of carbonyl (C=O) groups excluding carboxylic acids is 1. The summed E-state index contributed by atoms with van der Waals surface area (Å²) in [6.45, 7) is 1.88. The molecule has 10 heteroatoms. The number of fused-ring (bicyclic) bond motifs is 1. The smallest absolute Gasteiger partial charge is 0.358 e. The molecule has 3 aromatic rings. The summed E-state index contributed by atoms with van der Waals surface area (Å²) in [7, 11) is 0. The van der Waals surface area contributed by atoms with E-state index in [0.717, 1.165) is 23.6 Å². The number of hydrogen-bond acceptors (Lipinski definition) is 2. The van der Waals surface area contributed by atoms with Crippen LogP contribution in [0.15, 0.2) is 24.3 Å². The highest BCUT2D eigenvalue weighted by Crippen LogP contribution is 2.37. The topological polar surface area (TPSA) is 53.9 Å². The molecule has 0 unspecified atom stereocenters. The molecule has 3 heterocycles. The van der Waals surface area contributed by atoms with Crippen molar-refractivity contribution in [1.82, 2.24) is 14.8 Å². The van der Waals surface area contributed by atoms with Crippen molar-refractivity contribution in [2.75, 3.05) is 11.4 Å². The van der Waals surface area contributed by atoms with Crippen molar-refractivity contribution in [2.24, 2.45) is 5.92 Å². The Balaban J connectivity index is 1.47. The van der Waals surface area contributed by atoms with Crippen LogP contribution >= 0.6 is 0 Å². The highest BCUT2D eigenvalue weighted by Gasteiger charge is 2.37. The molecule has 0 saturated heterocycles. The summed E-state index contributed by atoms with van der Waals surface area (Å²) in [6, 6.07) is 4.85. The van der Waals surface area contributed by atoms with Crippen LogP contribution in [0, 0.1) is 17.6 Å². The van der Waals surface area contributed by atoms with Gasteiger partial charge in [-0.15, -0.1) is 0 Å². The fourth-order valence-corrected chi connectivity index (χ4v) is 4.36. The summed E-state index contributed by atoms with van der Waals surface area (Å²) in [5, 5.41) is 3.57. The number of aryl methyl sites for hydroxylation is 1. The fourth-order valence-electron chi connectivity index (χ4n) is 4.36. The second-order valence-electron chi connectivity index (χ2n) is 8.57. The standard InChI is InChI=1S/C23H21F5N4O/c1-2-32-20(11-19(30-32)23(26,27)28)31-6-5-17-14(22(31)33)10-18(29-17)21-15(24)8-13(9-16(21)25)7-12-3-4-12/h8-12,29H,2-7H2,1H3. The summed E-state index contributed by atoms with van der Waals surface area (Å²) in [4.78, 5) is 17.3. The van der Waals surface area contributed by atoms with Crippen LogP contribution in [-0.4, -0.2) is 27.2 Å².